The van der Waals surface area contributed by atoms with Crippen LogP contribution in [0.25, 0.3) is 11.4 Å². The first-order valence-electron chi connectivity index (χ1n) is 7.84. The molecule has 27 heavy (non-hydrogen) atoms. The number of imide groups is 1. The Bertz CT molecular complexity index is 1050. The summed E-state index contributed by atoms with van der Waals surface area (Å²) in [5.74, 6) is -2.06. The lowest BCUT2D eigenvalue weighted by molar-refractivity contribution is -0.0588. The third-order valence-electron chi connectivity index (χ3n) is 3.90. The molecule has 2 heterocycles. The lowest BCUT2D eigenvalue weighted by Crippen LogP contribution is -2.33. The number of carbonyl (C=O) groups excluding carboxylic acids is 3. The lowest BCUT2D eigenvalue weighted by Gasteiger charge is -2.12. The molecule has 3 aromatic rings. The number of halogens is 1. The van der Waals surface area contributed by atoms with Crippen molar-refractivity contribution in [3.8, 4) is 11.4 Å². The maximum absolute atomic E-state index is 12.4. The van der Waals surface area contributed by atoms with Crippen molar-refractivity contribution >= 4 is 29.4 Å². The Kier molecular flexibility index (Phi) is 4.13. The Hall–Kier alpha value is -3.58. The molecule has 1 aromatic heterocycles. The van der Waals surface area contributed by atoms with Crippen LogP contribution in [0.3, 0.4) is 0 Å². The number of aromatic nitrogens is 2. The molecule has 0 aliphatic carbocycles. The summed E-state index contributed by atoms with van der Waals surface area (Å²) >= 11 is 5.86. The van der Waals surface area contributed by atoms with Gasteiger partial charge in [0.2, 0.25) is 0 Å². The summed E-state index contributed by atoms with van der Waals surface area (Å²) < 4.78 is 0. The summed E-state index contributed by atoms with van der Waals surface area (Å²) in [6, 6.07) is 14.3. The van der Waals surface area contributed by atoms with Gasteiger partial charge in [0, 0.05) is 16.8 Å². The van der Waals surface area contributed by atoms with E-state index in [0.717, 1.165) is 0 Å². The highest BCUT2D eigenvalue weighted by Gasteiger charge is 2.39. The lowest BCUT2D eigenvalue weighted by atomic mass is 10.1. The zero-order valence-electron chi connectivity index (χ0n) is 13.6. The number of benzene rings is 2. The Labute approximate surface area is 158 Å². The molecule has 7 nitrogen and oxygen atoms in total. The molecule has 0 fully saturated rings. The van der Waals surface area contributed by atoms with Crippen molar-refractivity contribution in [3.63, 3.8) is 0 Å². The maximum atomic E-state index is 12.4. The van der Waals surface area contributed by atoms with Crippen molar-refractivity contribution in [2.45, 2.75) is 0 Å². The number of hydroxylamine groups is 2. The first kappa shape index (κ1) is 16.9. The fourth-order valence-electron chi connectivity index (χ4n) is 2.59. The third kappa shape index (κ3) is 3.04. The van der Waals surface area contributed by atoms with Crippen LogP contribution in [0.1, 0.15) is 31.2 Å². The minimum absolute atomic E-state index is 0.0912. The molecule has 0 bridgehead atoms. The molecule has 1 aliphatic heterocycles. The molecule has 2 aromatic carbocycles. The molecule has 132 valence electrons. The molecule has 0 saturated heterocycles. The van der Waals surface area contributed by atoms with Gasteiger partial charge in [0.25, 0.3) is 11.8 Å². The van der Waals surface area contributed by atoms with Crippen molar-refractivity contribution in [2.75, 3.05) is 0 Å². The van der Waals surface area contributed by atoms with Crippen LogP contribution in [0.2, 0.25) is 5.02 Å². The van der Waals surface area contributed by atoms with Gasteiger partial charge in [-0.1, -0.05) is 28.8 Å². The molecule has 2 amide bonds. The Morgan fingerprint density at radius 2 is 1.56 bits per heavy atom. The van der Waals surface area contributed by atoms with Gasteiger partial charge in [-0.3, -0.25) is 9.59 Å². The van der Waals surface area contributed by atoms with E-state index < -0.39 is 17.8 Å². The van der Waals surface area contributed by atoms with E-state index in [4.69, 9.17) is 16.4 Å². The first-order valence-corrected chi connectivity index (χ1v) is 8.21. The third-order valence-corrected chi connectivity index (χ3v) is 4.15. The average Bonchev–Trinajstić information content (AvgIpc) is 2.94. The van der Waals surface area contributed by atoms with Gasteiger partial charge >= 0.3 is 5.97 Å². The highest BCUT2D eigenvalue weighted by atomic mass is 35.5. The van der Waals surface area contributed by atoms with Gasteiger partial charge in [-0.2, -0.15) is 0 Å². The smallest absolute Gasteiger partial charge is 0.323 e. The Morgan fingerprint density at radius 1 is 0.926 bits per heavy atom. The van der Waals surface area contributed by atoms with E-state index in [2.05, 4.69) is 9.97 Å². The van der Waals surface area contributed by atoms with Crippen molar-refractivity contribution in [1.29, 1.82) is 0 Å². The topological polar surface area (TPSA) is 89.5 Å². The fraction of sp³-hybridized carbons (Fsp3) is 0. The fourth-order valence-corrected chi connectivity index (χ4v) is 2.72. The SMILES string of the molecule is O=C(ON1C(=O)c2ccccc2C1=O)c1ccnc(-c2ccc(Cl)cc2)n1. The van der Waals surface area contributed by atoms with Crippen LogP contribution in [0, 0.1) is 0 Å². The van der Waals surface area contributed by atoms with Gasteiger partial charge < -0.3 is 4.84 Å². The minimum Gasteiger partial charge on any atom is -0.323 e. The van der Waals surface area contributed by atoms with Crippen molar-refractivity contribution in [3.05, 3.63) is 82.6 Å². The van der Waals surface area contributed by atoms with Gasteiger partial charge in [0.05, 0.1) is 11.1 Å². The Morgan fingerprint density at radius 3 is 2.19 bits per heavy atom. The number of rotatable bonds is 3. The predicted octanol–water partition coefficient (Wildman–Crippen LogP) is 3.17. The van der Waals surface area contributed by atoms with Gasteiger partial charge in [-0.25, -0.2) is 14.8 Å². The van der Waals surface area contributed by atoms with E-state index in [1.54, 1.807) is 36.4 Å². The van der Waals surface area contributed by atoms with E-state index in [0.29, 0.717) is 15.6 Å². The van der Waals surface area contributed by atoms with Crippen LogP contribution < -0.4 is 0 Å². The second-order valence-electron chi connectivity index (χ2n) is 5.60. The second-order valence-corrected chi connectivity index (χ2v) is 6.04. The van der Waals surface area contributed by atoms with Crippen LogP contribution in [0.15, 0.2) is 60.8 Å². The van der Waals surface area contributed by atoms with Gasteiger partial charge in [-0.05, 0) is 42.5 Å². The normalized spacial score (nSPS) is 12.9. The van der Waals surface area contributed by atoms with Crippen molar-refractivity contribution < 1.29 is 19.2 Å². The summed E-state index contributed by atoms with van der Waals surface area (Å²) in [6.07, 6.45) is 1.38. The van der Waals surface area contributed by atoms with Gasteiger partial charge in [0.1, 0.15) is 0 Å². The molecule has 0 unspecified atom stereocenters. The van der Waals surface area contributed by atoms with E-state index in [-0.39, 0.29) is 22.6 Å². The quantitative estimate of drug-likeness (QED) is 0.649. The van der Waals surface area contributed by atoms with E-state index in [1.807, 2.05) is 0 Å². The molecule has 0 N–H and O–H groups in total. The standard InChI is InChI=1S/C19H10ClN3O4/c20-12-7-5-11(6-8-12)16-21-10-9-15(22-16)19(26)27-23-17(24)13-3-1-2-4-14(13)18(23)25/h1-10H. The van der Waals surface area contributed by atoms with Crippen LogP contribution in [0.5, 0.6) is 0 Å². The molecule has 0 atom stereocenters. The van der Waals surface area contributed by atoms with E-state index in [1.165, 1.54) is 24.4 Å². The molecular formula is C19H10ClN3O4. The molecule has 0 saturated carbocycles. The van der Waals surface area contributed by atoms with Crippen LogP contribution in [-0.2, 0) is 4.84 Å². The number of hydrogen-bond acceptors (Lipinski definition) is 6. The maximum Gasteiger partial charge on any atom is 0.382 e. The van der Waals surface area contributed by atoms with Crippen molar-refractivity contribution in [2.24, 2.45) is 0 Å². The van der Waals surface area contributed by atoms with Crippen molar-refractivity contribution in [1.82, 2.24) is 15.0 Å². The molecule has 4 rings (SSSR count). The molecule has 0 radical (unpaired) electrons. The molecule has 0 spiro atoms. The minimum atomic E-state index is -0.942. The van der Waals surface area contributed by atoms with Gasteiger partial charge in [0.15, 0.2) is 11.5 Å². The molecular weight excluding hydrogens is 370 g/mol. The summed E-state index contributed by atoms with van der Waals surface area (Å²) in [5, 5.41) is 0.997. The number of amides is 2. The van der Waals surface area contributed by atoms with E-state index in [9.17, 15) is 14.4 Å². The van der Waals surface area contributed by atoms with Crippen LogP contribution in [0.4, 0.5) is 0 Å². The average molecular weight is 380 g/mol. The number of fused-ring (bicyclic) bond motifs is 1. The summed E-state index contributed by atoms with van der Waals surface area (Å²) in [4.78, 5) is 50.2. The second kappa shape index (κ2) is 6.62. The largest absolute Gasteiger partial charge is 0.382 e. The number of carbonyl (C=O) groups is 3. The van der Waals surface area contributed by atoms with E-state index >= 15 is 0 Å². The Balaban J connectivity index is 1.58. The summed E-state index contributed by atoms with van der Waals surface area (Å²) in [7, 11) is 0. The molecule has 8 heteroatoms. The predicted molar refractivity (Wildman–Crippen MR) is 94.8 cm³/mol. The van der Waals surface area contributed by atoms with Gasteiger partial charge in [-0.15, -0.1) is 0 Å². The first-order chi connectivity index (χ1) is 13.0. The number of nitrogens with zero attached hydrogens (tertiary/aromatic N) is 3. The zero-order chi connectivity index (χ0) is 19.0. The highest BCUT2D eigenvalue weighted by Crippen LogP contribution is 2.23. The van der Waals surface area contributed by atoms with Crippen LogP contribution >= 0.6 is 11.6 Å². The zero-order valence-corrected chi connectivity index (χ0v) is 14.4. The van der Waals surface area contributed by atoms with Crippen LogP contribution in [-0.4, -0.2) is 32.8 Å². The summed E-state index contributed by atoms with van der Waals surface area (Å²) in [5.41, 5.74) is 0.918. The summed E-state index contributed by atoms with van der Waals surface area (Å²) in [6.45, 7) is 0. The highest BCUT2D eigenvalue weighted by molar-refractivity contribution is 6.30. The molecule has 1 aliphatic rings. The monoisotopic (exact) mass is 379 g/mol. The number of hydrogen-bond donors (Lipinski definition) is 0.